The average molecular weight is 325 g/mol. The number of benzene rings is 2. The van der Waals surface area contributed by atoms with Crippen molar-refractivity contribution in [2.45, 2.75) is 6.92 Å². The van der Waals surface area contributed by atoms with Crippen molar-refractivity contribution < 1.29 is 9.53 Å². The van der Waals surface area contributed by atoms with Gasteiger partial charge < -0.3 is 15.4 Å². The zero-order valence-electron chi connectivity index (χ0n) is 11.5. The Kier molecular flexibility index (Phi) is 4.94. The van der Waals surface area contributed by atoms with E-state index < -0.39 is 6.03 Å². The molecule has 6 heteroatoms. The van der Waals surface area contributed by atoms with Gasteiger partial charge in [0.15, 0.2) is 0 Å². The Labute approximate surface area is 133 Å². The van der Waals surface area contributed by atoms with Gasteiger partial charge in [-0.3, -0.25) is 0 Å². The van der Waals surface area contributed by atoms with Gasteiger partial charge in [-0.2, -0.15) is 0 Å². The molecule has 0 heterocycles. The third-order valence-corrected chi connectivity index (χ3v) is 3.43. The predicted octanol–water partition coefficient (Wildman–Crippen LogP) is 4.95. The Hall–Kier alpha value is -1.91. The van der Waals surface area contributed by atoms with Crippen molar-refractivity contribution in [2.75, 3.05) is 17.7 Å². The van der Waals surface area contributed by atoms with Crippen LogP contribution in [0.2, 0.25) is 10.0 Å². The van der Waals surface area contributed by atoms with Crippen molar-refractivity contribution in [1.29, 1.82) is 0 Å². The monoisotopic (exact) mass is 324 g/mol. The Morgan fingerprint density at radius 2 is 1.76 bits per heavy atom. The highest BCUT2D eigenvalue weighted by molar-refractivity contribution is 6.39. The number of nitrogens with one attached hydrogen (secondary N) is 2. The lowest BCUT2D eigenvalue weighted by Crippen LogP contribution is -2.20. The van der Waals surface area contributed by atoms with Gasteiger partial charge in [-0.25, -0.2) is 4.79 Å². The summed E-state index contributed by atoms with van der Waals surface area (Å²) in [5.74, 6) is 0.570. The summed E-state index contributed by atoms with van der Waals surface area (Å²) in [6.45, 7) is 1.92. The first-order chi connectivity index (χ1) is 10.0. The standard InChI is InChI=1S/C15H14Cl2N2O2/c1-9-6-7-13(21-2)12(8-9)18-15(20)19-14-10(16)4-3-5-11(14)17/h3-8H,1-2H3,(H2,18,19,20). The highest BCUT2D eigenvalue weighted by Gasteiger charge is 2.11. The predicted molar refractivity (Wildman–Crippen MR) is 86.8 cm³/mol. The molecule has 0 saturated heterocycles. The number of carbonyl (C=O) groups excluding carboxylic acids is 1. The highest BCUT2D eigenvalue weighted by atomic mass is 35.5. The summed E-state index contributed by atoms with van der Waals surface area (Å²) in [5.41, 5.74) is 1.94. The first-order valence-corrected chi connectivity index (χ1v) is 6.93. The van der Waals surface area contributed by atoms with Crippen LogP contribution in [0.15, 0.2) is 36.4 Å². The third-order valence-electron chi connectivity index (χ3n) is 2.80. The van der Waals surface area contributed by atoms with Crippen LogP contribution in [0.25, 0.3) is 0 Å². The number of rotatable bonds is 3. The zero-order valence-corrected chi connectivity index (χ0v) is 13.0. The first-order valence-electron chi connectivity index (χ1n) is 6.18. The number of hydrogen-bond donors (Lipinski definition) is 2. The lowest BCUT2D eigenvalue weighted by atomic mass is 10.2. The van der Waals surface area contributed by atoms with Crippen LogP contribution < -0.4 is 15.4 Å². The molecule has 0 aliphatic heterocycles. The summed E-state index contributed by atoms with van der Waals surface area (Å²) in [6.07, 6.45) is 0. The van der Waals surface area contributed by atoms with Crippen molar-refractivity contribution in [3.63, 3.8) is 0 Å². The van der Waals surface area contributed by atoms with Crippen LogP contribution in [-0.2, 0) is 0 Å². The summed E-state index contributed by atoms with van der Waals surface area (Å²) in [6, 6.07) is 10.0. The molecule has 0 fully saturated rings. The van der Waals surface area contributed by atoms with Gasteiger partial charge in [0.2, 0.25) is 0 Å². The number of para-hydroxylation sites is 1. The van der Waals surface area contributed by atoms with Crippen molar-refractivity contribution in [3.8, 4) is 5.75 Å². The van der Waals surface area contributed by atoms with E-state index in [-0.39, 0.29) is 0 Å². The molecule has 2 aromatic carbocycles. The molecule has 21 heavy (non-hydrogen) atoms. The van der Waals surface area contributed by atoms with Crippen LogP contribution in [-0.4, -0.2) is 13.1 Å². The van der Waals surface area contributed by atoms with Gasteiger partial charge in [0.25, 0.3) is 0 Å². The quantitative estimate of drug-likeness (QED) is 0.838. The summed E-state index contributed by atoms with van der Waals surface area (Å²) in [5, 5.41) is 6.08. The zero-order chi connectivity index (χ0) is 15.4. The number of methoxy groups -OCH3 is 1. The van der Waals surface area contributed by atoms with E-state index >= 15 is 0 Å². The molecule has 2 rings (SSSR count). The Bertz CT molecular complexity index is 654. The molecule has 110 valence electrons. The summed E-state index contributed by atoms with van der Waals surface area (Å²) < 4.78 is 5.20. The second-order valence-corrected chi connectivity index (χ2v) is 5.19. The molecule has 2 N–H and O–H groups in total. The topological polar surface area (TPSA) is 50.4 Å². The minimum Gasteiger partial charge on any atom is -0.495 e. The molecule has 0 bridgehead atoms. The van der Waals surface area contributed by atoms with Gasteiger partial charge in [-0.1, -0.05) is 35.3 Å². The SMILES string of the molecule is COc1ccc(C)cc1NC(=O)Nc1c(Cl)cccc1Cl. The number of ether oxygens (including phenoxy) is 1. The fourth-order valence-corrected chi connectivity index (χ4v) is 2.30. The maximum atomic E-state index is 12.1. The van der Waals surface area contributed by atoms with Crippen LogP contribution in [0.1, 0.15) is 5.56 Å². The van der Waals surface area contributed by atoms with E-state index in [1.807, 2.05) is 19.1 Å². The molecule has 0 aliphatic rings. The molecular weight excluding hydrogens is 311 g/mol. The Morgan fingerprint density at radius 1 is 1.10 bits per heavy atom. The Morgan fingerprint density at radius 3 is 2.38 bits per heavy atom. The molecule has 4 nitrogen and oxygen atoms in total. The van der Waals surface area contributed by atoms with Gasteiger partial charge in [0.1, 0.15) is 5.75 Å². The number of amides is 2. The fraction of sp³-hybridized carbons (Fsp3) is 0.133. The van der Waals surface area contributed by atoms with E-state index in [1.165, 1.54) is 0 Å². The second-order valence-electron chi connectivity index (χ2n) is 4.38. The van der Waals surface area contributed by atoms with E-state index in [0.717, 1.165) is 5.56 Å². The maximum absolute atomic E-state index is 12.1. The van der Waals surface area contributed by atoms with Gasteiger partial charge in [-0.05, 0) is 36.8 Å². The van der Waals surface area contributed by atoms with Crippen LogP contribution in [0.5, 0.6) is 5.75 Å². The fourth-order valence-electron chi connectivity index (χ4n) is 1.80. The van der Waals surface area contributed by atoms with Gasteiger partial charge in [-0.15, -0.1) is 0 Å². The minimum absolute atomic E-state index is 0.366. The van der Waals surface area contributed by atoms with Crippen molar-refractivity contribution in [1.82, 2.24) is 0 Å². The molecule has 2 amide bonds. The smallest absolute Gasteiger partial charge is 0.323 e. The molecule has 2 aromatic rings. The van der Waals surface area contributed by atoms with Crippen LogP contribution in [0.4, 0.5) is 16.2 Å². The maximum Gasteiger partial charge on any atom is 0.323 e. The Balaban J connectivity index is 2.17. The van der Waals surface area contributed by atoms with Gasteiger partial charge in [0.05, 0.1) is 28.5 Å². The number of halogens is 2. The molecule has 0 radical (unpaired) electrons. The van der Waals surface area contributed by atoms with Gasteiger partial charge >= 0.3 is 6.03 Å². The van der Waals surface area contributed by atoms with E-state index in [4.69, 9.17) is 27.9 Å². The van der Waals surface area contributed by atoms with Crippen LogP contribution in [0, 0.1) is 6.92 Å². The molecular formula is C15H14Cl2N2O2. The molecule has 0 spiro atoms. The number of hydrogen-bond acceptors (Lipinski definition) is 2. The van der Waals surface area contributed by atoms with E-state index in [0.29, 0.717) is 27.2 Å². The number of urea groups is 1. The summed E-state index contributed by atoms with van der Waals surface area (Å²) >= 11 is 12.0. The largest absolute Gasteiger partial charge is 0.495 e. The average Bonchev–Trinajstić information content (AvgIpc) is 2.43. The van der Waals surface area contributed by atoms with Crippen LogP contribution >= 0.6 is 23.2 Å². The summed E-state index contributed by atoms with van der Waals surface area (Å²) in [4.78, 5) is 12.1. The van der Waals surface area contributed by atoms with Gasteiger partial charge in [0, 0.05) is 0 Å². The number of aryl methyl sites for hydroxylation is 1. The summed E-state index contributed by atoms with van der Waals surface area (Å²) in [7, 11) is 1.54. The molecule has 0 unspecified atom stereocenters. The lowest BCUT2D eigenvalue weighted by molar-refractivity contribution is 0.262. The second kappa shape index (κ2) is 6.70. The first kappa shape index (κ1) is 15.5. The van der Waals surface area contributed by atoms with Crippen molar-refractivity contribution >= 4 is 40.6 Å². The number of carbonyl (C=O) groups is 1. The third kappa shape index (κ3) is 3.80. The van der Waals surface area contributed by atoms with E-state index in [9.17, 15) is 4.79 Å². The molecule has 0 saturated carbocycles. The van der Waals surface area contributed by atoms with Crippen molar-refractivity contribution in [3.05, 3.63) is 52.0 Å². The normalized spacial score (nSPS) is 10.1. The molecule has 0 aromatic heterocycles. The minimum atomic E-state index is -0.450. The molecule has 0 aliphatic carbocycles. The van der Waals surface area contributed by atoms with E-state index in [1.54, 1.807) is 31.4 Å². The van der Waals surface area contributed by atoms with Crippen molar-refractivity contribution in [2.24, 2.45) is 0 Å². The van der Waals surface area contributed by atoms with E-state index in [2.05, 4.69) is 10.6 Å². The molecule has 0 atom stereocenters. The van der Waals surface area contributed by atoms with Crippen LogP contribution in [0.3, 0.4) is 0 Å². The number of anilines is 2. The highest BCUT2D eigenvalue weighted by Crippen LogP contribution is 2.30. The lowest BCUT2D eigenvalue weighted by Gasteiger charge is -2.13.